The molecular formula is C14H16FN3O. The van der Waals surface area contributed by atoms with Crippen LogP contribution in [-0.2, 0) is 4.79 Å². The minimum atomic E-state index is -0.811. The van der Waals surface area contributed by atoms with E-state index in [-0.39, 0.29) is 17.5 Å². The Labute approximate surface area is 111 Å². The quantitative estimate of drug-likeness (QED) is 0.856. The number of hydrogen-bond acceptors (Lipinski definition) is 3. The van der Waals surface area contributed by atoms with Crippen LogP contribution in [0.4, 0.5) is 10.1 Å². The number of nitrogens with one attached hydrogen (secondary N) is 1. The Bertz CT molecular complexity index is 516. The number of rotatable bonds is 2. The van der Waals surface area contributed by atoms with Crippen LogP contribution in [0.5, 0.6) is 0 Å². The van der Waals surface area contributed by atoms with Gasteiger partial charge in [0.1, 0.15) is 11.4 Å². The standard InChI is InChI=1S/C14H16FN3O/c15-11-3-1-2-4-12(11)18-13(19)10-5-7-14(17,9-16)8-6-10/h1-4,10H,5-8,17H2,(H,18,19). The van der Waals surface area contributed by atoms with Gasteiger partial charge in [0, 0.05) is 5.92 Å². The molecule has 0 atom stereocenters. The van der Waals surface area contributed by atoms with Gasteiger partial charge in [-0.2, -0.15) is 5.26 Å². The van der Waals surface area contributed by atoms with Crippen molar-refractivity contribution in [3.05, 3.63) is 30.1 Å². The van der Waals surface area contributed by atoms with Crippen molar-refractivity contribution in [2.24, 2.45) is 11.7 Å². The highest BCUT2D eigenvalue weighted by Gasteiger charge is 2.34. The van der Waals surface area contributed by atoms with E-state index in [1.165, 1.54) is 12.1 Å². The number of carbonyl (C=O) groups excluding carboxylic acids is 1. The number of anilines is 1. The van der Waals surface area contributed by atoms with Gasteiger partial charge in [-0.3, -0.25) is 4.79 Å². The average molecular weight is 261 g/mol. The zero-order valence-electron chi connectivity index (χ0n) is 10.5. The van der Waals surface area contributed by atoms with E-state index >= 15 is 0 Å². The fourth-order valence-electron chi connectivity index (χ4n) is 2.30. The zero-order chi connectivity index (χ0) is 13.9. The maximum atomic E-state index is 13.4. The Morgan fingerprint density at radius 1 is 1.42 bits per heavy atom. The fourth-order valence-corrected chi connectivity index (χ4v) is 2.30. The summed E-state index contributed by atoms with van der Waals surface area (Å²) in [5.41, 5.74) is 5.23. The first-order valence-electron chi connectivity index (χ1n) is 6.30. The lowest BCUT2D eigenvalue weighted by molar-refractivity contribution is -0.121. The summed E-state index contributed by atoms with van der Waals surface area (Å²) in [5, 5.41) is 11.5. The summed E-state index contributed by atoms with van der Waals surface area (Å²) in [7, 11) is 0. The highest BCUT2D eigenvalue weighted by atomic mass is 19.1. The summed E-state index contributed by atoms with van der Waals surface area (Å²) >= 11 is 0. The second kappa shape index (κ2) is 5.37. The third-order valence-corrected chi connectivity index (χ3v) is 3.60. The highest BCUT2D eigenvalue weighted by molar-refractivity contribution is 5.92. The van der Waals surface area contributed by atoms with Gasteiger partial charge in [0.15, 0.2) is 0 Å². The van der Waals surface area contributed by atoms with Gasteiger partial charge in [0.05, 0.1) is 11.8 Å². The minimum Gasteiger partial charge on any atom is -0.323 e. The van der Waals surface area contributed by atoms with E-state index in [0.29, 0.717) is 25.7 Å². The van der Waals surface area contributed by atoms with Gasteiger partial charge >= 0.3 is 0 Å². The first kappa shape index (κ1) is 13.5. The van der Waals surface area contributed by atoms with Crippen molar-refractivity contribution >= 4 is 11.6 Å². The number of benzene rings is 1. The third kappa shape index (κ3) is 3.09. The summed E-state index contributed by atoms with van der Waals surface area (Å²) in [6, 6.07) is 8.15. The maximum Gasteiger partial charge on any atom is 0.227 e. The first-order valence-corrected chi connectivity index (χ1v) is 6.30. The molecular weight excluding hydrogens is 245 g/mol. The second-order valence-electron chi connectivity index (χ2n) is 5.01. The van der Waals surface area contributed by atoms with Gasteiger partial charge in [-0.1, -0.05) is 12.1 Å². The molecule has 0 bridgehead atoms. The van der Waals surface area contributed by atoms with E-state index in [9.17, 15) is 9.18 Å². The van der Waals surface area contributed by atoms with Gasteiger partial charge in [0.25, 0.3) is 0 Å². The van der Waals surface area contributed by atoms with Crippen molar-refractivity contribution in [2.75, 3.05) is 5.32 Å². The number of nitriles is 1. The van der Waals surface area contributed by atoms with Gasteiger partial charge in [-0.05, 0) is 37.8 Å². The molecule has 0 heterocycles. The predicted octanol–water partition coefficient (Wildman–Crippen LogP) is 2.18. The lowest BCUT2D eigenvalue weighted by Crippen LogP contribution is -2.43. The zero-order valence-corrected chi connectivity index (χ0v) is 10.5. The number of para-hydroxylation sites is 1. The van der Waals surface area contributed by atoms with Crippen molar-refractivity contribution in [3.8, 4) is 6.07 Å². The molecule has 19 heavy (non-hydrogen) atoms. The summed E-state index contributed by atoms with van der Waals surface area (Å²) in [6.45, 7) is 0. The summed E-state index contributed by atoms with van der Waals surface area (Å²) < 4.78 is 13.4. The van der Waals surface area contributed by atoms with Crippen molar-refractivity contribution in [1.29, 1.82) is 5.26 Å². The second-order valence-corrected chi connectivity index (χ2v) is 5.01. The third-order valence-electron chi connectivity index (χ3n) is 3.60. The fraction of sp³-hybridized carbons (Fsp3) is 0.429. The number of nitrogens with two attached hydrogens (primary N) is 1. The van der Waals surface area contributed by atoms with E-state index in [0.717, 1.165) is 0 Å². The van der Waals surface area contributed by atoms with Crippen LogP contribution < -0.4 is 11.1 Å². The minimum absolute atomic E-state index is 0.192. The van der Waals surface area contributed by atoms with Gasteiger partial charge in [0.2, 0.25) is 5.91 Å². The molecule has 1 aliphatic rings. The molecule has 1 amide bonds. The molecule has 0 radical (unpaired) electrons. The monoisotopic (exact) mass is 261 g/mol. The van der Waals surface area contributed by atoms with E-state index in [1.54, 1.807) is 12.1 Å². The summed E-state index contributed by atoms with van der Waals surface area (Å²) in [6.07, 6.45) is 2.12. The number of nitrogens with zero attached hydrogens (tertiary/aromatic N) is 1. The Morgan fingerprint density at radius 3 is 2.63 bits per heavy atom. The lowest BCUT2D eigenvalue weighted by atomic mass is 9.77. The molecule has 0 saturated heterocycles. The molecule has 1 aromatic rings. The largest absolute Gasteiger partial charge is 0.323 e. The maximum absolute atomic E-state index is 13.4. The molecule has 100 valence electrons. The van der Waals surface area contributed by atoms with Crippen molar-refractivity contribution in [2.45, 2.75) is 31.2 Å². The number of amides is 1. The van der Waals surface area contributed by atoms with Crippen LogP contribution in [-0.4, -0.2) is 11.4 Å². The molecule has 1 aromatic carbocycles. The van der Waals surface area contributed by atoms with Crippen LogP contribution >= 0.6 is 0 Å². The van der Waals surface area contributed by atoms with Crippen LogP contribution in [0.3, 0.4) is 0 Å². The molecule has 1 aliphatic carbocycles. The number of hydrogen-bond donors (Lipinski definition) is 2. The Morgan fingerprint density at radius 2 is 2.05 bits per heavy atom. The van der Waals surface area contributed by atoms with E-state index in [1.807, 2.05) is 0 Å². The normalized spacial score (nSPS) is 26.5. The average Bonchev–Trinajstić information content (AvgIpc) is 2.42. The Kier molecular flexibility index (Phi) is 3.82. The molecule has 5 heteroatoms. The predicted molar refractivity (Wildman–Crippen MR) is 69.5 cm³/mol. The number of halogens is 1. The van der Waals surface area contributed by atoms with Crippen molar-refractivity contribution < 1.29 is 9.18 Å². The van der Waals surface area contributed by atoms with Crippen LogP contribution in [0.2, 0.25) is 0 Å². The molecule has 4 nitrogen and oxygen atoms in total. The first-order chi connectivity index (χ1) is 9.04. The van der Waals surface area contributed by atoms with Crippen LogP contribution in [0.25, 0.3) is 0 Å². The topological polar surface area (TPSA) is 78.9 Å². The molecule has 1 fully saturated rings. The molecule has 3 N–H and O–H groups in total. The van der Waals surface area contributed by atoms with Crippen molar-refractivity contribution in [3.63, 3.8) is 0 Å². The molecule has 2 rings (SSSR count). The summed E-state index contributed by atoms with van der Waals surface area (Å²) in [4.78, 5) is 12.0. The van der Waals surface area contributed by atoms with Gasteiger partial charge in [-0.25, -0.2) is 4.39 Å². The molecule has 0 spiro atoms. The lowest BCUT2D eigenvalue weighted by Gasteiger charge is -2.30. The molecule has 0 aromatic heterocycles. The van der Waals surface area contributed by atoms with Crippen LogP contribution in [0, 0.1) is 23.1 Å². The summed E-state index contributed by atoms with van der Waals surface area (Å²) in [5.74, 6) is -0.855. The SMILES string of the molecule is N#CC1(N)CCC(C(=O)Nc2ccccc2F)CC1. The van der Waals surface area contributed by atoms with E-state index < -0.39 is 11.4 Å². The number of carbonyl (C=O) groups is 1. The Balaban J connectivity index is 1.96. The molecule has 0 aliphatic heterocycles. The molecule has 1 saturated carbocycles. The van der Waals surface area contributed by atoms with Crippen LogP contribution in [0.1, 0.15) is 25.7 Å². The van der Waals surface area contributed by atoms with Gasteiger partial charge < -0.3 is 11.1 Å². The Hall–Kier alpha value is -1.93. The smallest absolute Gasteiger partial charge is 0.227 e. The van der Waals surface area contributed by atoms with Gasteiger partial charge in [-0.15, -0.1) is 0 Å². The van der Waals surface area contributed by atoms with E-state index in [4.69, 9.17) is 11.0 Å². The van der Waals surface area contributed by atoms with Crippen LogP contribution in [0.15, 0.2) is 24.3 Å². The molecule has 0 unspecified atom stereocenters. The van der Waals surface area contributed by atoms with Crippen molar-refractivity contribution in [1.82, 2.24) is 0 Å². The highest BCUT2D eigenvalue weighted by Crippen LogP contribution is 2.30. The van der Waals surface area contributed by atoms with E-state index in [2.05, 4.69) is 11.4 Å².